The van der Waals surface area contributed by atoms with Gasteiger partial charge in [0.2, 0.25) is 5.88 Å². The molecular formula is C17H22N2O2. The first kappa shape index (κ1) is 14.1. The van der Waals surface area contributed by atoms with Gasteiger partial charge in [-0.1, -0.05) is 0 Å². The summed E-state index contributed by atoms with van der Waals surface area (Å²) in [5.74, 6) is 0.694. The molecule has 1 aromatic carbocycles. The second kappa shape index (κ2) is 6.31. The van der Waals surface area contributed by atoms with Crippen molar-refractivity contribution in [3.05, 3.63) is 30.5 Å². The Balaban J connectivity index is 1.78. The van der Waals surface area contributed by atoms with Gasteiger partial charge in [-0.2, -0.15) is 0 Å². The number of fused-ring (bicyclic) bond motifs is 1. The molecule has 1 aliphatic rings. The average Bonchev–Trinajstić information content (AvgIpc) is 2.97. The van der Waals surface area contributed by atoms with Gasteiger partial charge in [0.05, 0.1) is 6.10 Å². The number of anilines is 1. The van der Waals surface area contributed by atoms with Crippen LogP contribution in [0, 0.1) is 0 Å². The Morgan fingerprint density at radius 2 is 2.29 bits per heavy atom. The summed E-state index contributed by atoms with van der Waals surface area (Å²) in [7, 11) is 0. The molecule has 0 amide bonds. The molecule has 4 nitrogen and oxygen atoms in total. The van der Waals surface area contributed by atoms with E-state index in [1.807, 2.05) is 6.07 Å². The van der Waals surface area contributed by atoms with Crippen molar-refractivity contribution >= 4 is 16.5 Å². The lowest BCUT2D eigenvalue weighted by Gasteiger charge is -2.14. The van der Waals surface area contributed by atoms with Crippen molar-refractivity contribution in [3.63, 3.8) is 0 Å². The van der Waals surface area contributed by atoms with Crippen molar-refractivity contribution in [1.82, 2.24) is 4.98 Å². The van der Waals surface area contributed by atoms with Gasteiger partial charge < -0.3 is 14.8 Å². The first-order valence-corrected chi connectivity index (χ1v) is 7.62. The molecule has 2 aromatic rings. The van der Waals surface area contributed by atoms with Crippen LogP contribution in [0.4, 0.5) is 5.69 Å². The molecule has 2 heterocycles. The van der Waals surface area contributed by atoms with Gasteiger partial charge in [-0.25, -0.2) is 4.98 Å². The van der Waals surface area contributed by atoms with Crippen LogP contribution in [0.2, 0.25) is 0 Å². The number of hydrogen-bond acceptors (Lipinski definition) is 4. The number of nitrogens with zero attached hydrogens (tertiary/aromatic N) is 1. The Morgan fingerprint density at radius 1 is 1.38 bits per heavy atom. The molecule has 1 aliphatic heterocycles. The van der Waals surface area contributed by atoms with Gasteiger partial charge in [-0.05, 0) is 56.3 Å². The quantitative estimate of drug-likeness (QED) is 0.912. The molecule has 1 N–H and O–H groups in total. The van der Waals surface area contributed by atoms with Gasteiger partial charge in [0, 0.05) is 29.9 Å². The zero-order valence-corrected chi connectivity index (χ0v) is 12.6. The maximum Gasteiger partial charge on any atom is 0.221 e. The number of benzene rings is 1. The highest BCUT2D eigenvalue weighted by Crippen LogP contribution is 2.26. The molecule has 3 rings (SSSR count). The molecule has 4 heteroatoms. The van der Waals surface area contributed by atoms with Crippen molar-refractivity contribution in [2.45, 2.75) is 38.8 Å². The Morgan fingerprint density at radius 3 is 3.05 bits per heavy atom. The van der Waals surface area contributed by atoms with E-state index in [2.05, 4.69) is 42.3 Å². The second-order valence-electron chi connectivity index (χ2n) is 5.80. The zero-order valence-electron chi connectivity index (χ0n) is 12.6. The number of aromatic nitrogens is 1. The highest BCUT2D eigenvalue weighted by molar-refractivity contribution is 5.89. The van der Waals surface area contributed by atoms with Gasteiger partial charge >= 0.3 is 0 Å². The molecular weight excluding hydrogens is 264 g/mol. The lowest BCUT2D eigenvalue weighted by molar-refractivity contribution is 0.0669. The lowest BCUT2D eigenvalue weighted by Crippen LogP contribution is -2.16. The van der Waals surface area contributed by atoms with Gasteiger partial charge in [-0.15, -0.1) is 0 Å². The molecule has 0 aliphatic carbocycles. The van der Waals surface area contributed by atoms with Crippen LogP contribution in [-0.4, -0.2) is 30.3 Å². The lowest BCUT2D eigenvalue weighted by atomic mass is 10.1. The average molecular weight is 286 g/mol. The zero-order chi connectivity index (χ0) is 14.7. The summed E-state index contributed by atoms with van der Waals surface area (Å²) in [6, 6.07) is 8.70. The largest absolute Gasteiger partial charge is 0.474 e. The highest BCUT2D eigenvalue weighted by atomic mass is 16.5. The SMILES string of the molecule is CC(C)Nc1ccc2c(OCC3CCCO3)nccc2c1. The van der Waals surface area contributed by atoms with Gasteiger partial charge in [0.15, 0.2) is 0 Å². The maximum atomic E-state index is 5.87. The fourth-order valence-electron chi connectivity index (χ4n) is 2.64. The van der Waals surface area contributed by atoms with E-state index in [4.69, 9.17) is 9.47 Å². The van der Waals surface area contributed by atoms with Crippen LogP contribution < -0.4 is 10.1 Å². The van der Waals surface area contributed by atoms with E-state index in [9.17, 15) is 0 Å². The van der Waals surface area contributed by atoms with E-state index in [1.165, 1.54) is 0 Å². The molecule has 21 heavy (non-hydrogen) atoms. The topological polar surface area (TPSA) is 43.4 Å². The number of ether oxygens (including phenoxy) is 2. The molecule has 0 bridgehead atoms. The van der Waals surface area contributed by atoms with E-state index in [-0.39, 0.29) is 6.10 Å². The molecule has 0 spiro atoms. The monoisotopic (exact) mass is 286 g/mol. The number of nitrogens with one attached hydrogen (secondary N) is 1. The first-order chi connectivity index (χ1) is 10.2. The summed E-state index contributed by atoms with van der Waals surface area (Å²) >= 11 is 0. The van der Waals surface area contributed by atoms with Crippen molar-refractivity contribution in [1.29, 1.82) is 0 Å². The van der Waals surface area contributed by atoms with Crippen LogP contribution in [0.15, 0.2) is 30.5 Å². The Hall–Kier alpha value is -1.81. The highest BCUT2D eigenvalue weighted by Gasteiger charge is 2.17. The molecule has 112 valence electrons. The van der Waals surface area contributed by atoms with Gasteiger partial charge in [0.25, 0.3) is 0 Å². The van der Waals surface area contributed by atoms with Gasteiger partial charge in [0.1, 0.15) is 6.61 Å². The summed E-state index contributed by atoms with van der Waals surface area (Å²) in [4.78, 5) is 4.36. The third-order valence-electron chi connectivity index (χ3n) is 3.61. The van der Waals surface area contributed by atoms with Crippen molar-refractivity contribution in [2.75, 3.05) is 18.5 Å². The van der Waals surface area contributed by atoms with Gasteiger partial charge in [-0.3, -0.25) is 0 Å². The van der Waals surface area contributed by atoms with Crippen LogP contribution >= 0.6 is 0 Å². The van der Waals surface area contributed by atoms with Crippen LogP contribution in [0.25, 0.3) is 10.8 Å². The van der Waals surface area contributed by atoms with Crippen LogP contribution in [0.5, 0.6) is 5.88 Å². The number of hydrogen-bond donors (Lipinski definition) is 1. The summed E-state index contributed by atoms with van der Waals surface area (Å²) in [6.45, 7) is 5.69. The van der Waals surface area contributed by atoms with E-state index >= 15 is 0 Å². The molecule has 1 fully saturated rings. The minimum absolute atomic E-state index is 0.212. The van der Waals surface area contributed by atoms with E-state index in [0.29, 0.717) is 18.5 Å². The second-order valence-corrected chi connectivity index (χ2v) is 5.80. The van der Waals surface area contributed by atoms with Crippen LogP contribution in [0.1, 0.15) is 26.7 Å². The third kappa shape index (κ3) is 3.45. The maximum absolute atomic E-state index is 5.87. The Bertz CT molecular complexity index is 607. The molecule has 1 atom stereocenters. The smallest absolute Gasteiger partial charge is 0.221 e. The fraction of sp³-hybridized carbons (Fsp3) is 0.471. The molecule has 1 unspecified atom stereocenters. The van der Waals surface area contributed by atoms with Crippen molar-refractivity contribution in [2.24, 2.45) is 0 Å². The normalized spacial score (nSPS) is 18.3. The standard InChI is InChI=1S/C17H22N2O2/c1-12(2)19-14-5-6-16-13(10-14)7-8-18-17(16)21-11-15-4-3-9-20-15/h5-8,10,12,15,19H,3-4,9,11H2,1-2H3. The minimum atomic E-state index is 0.212. The summed E-state index contributed by atoms with van der Waals surface area (Å²) < 4.78 is 11.5. The molecule has 0 radical (unpaired) electrons. The van der Waals surface area contributed by atoms with E-state index in [1.54, 1.807) is 6.20 Å². The first-order valence-electron chi connectivity index (χ1n) is 7.62. The number of pyridine rings is 1. The molecule has 1 saturated heterocycles. The minimum Gasteiger partial charge on any atom is -0.474 e. The third-order valence-corrected chi connectivity index (χ3v) is 3.61. The summed E-state index contributed by atoms with van der Waals surface area (Å²) in [6.07, 6.45) is 4.21. The van der Waals surface area contributed by atoms with E-state index < -0.39 is 0 Å². The van der Waals surface area contributed by atoms with E-state index in [0.717, 1.165) is 35.9 Å². The predicted octanol–water partition coefficient (Wildman–Crippen LogP) is 3.61. The Kier molecular flexibility index (Phi) is 4.25. The van der Waals surface area contributed by atoms with Crippen molar-refractivity contribution < 1.29 is 9.47 Å². The fourth-order valence-corrected chi connectivity index (χ4v) is 2.64. The molecule has 0 saturated carbocycles. The summed E-state index contributed by atoms with van der Waals surface area (Å²) in [5, 5.41) is 5.60. The van der Waals surface area contributed by atoms with Crippen LogP contribution in [0.3, 0.4) is 0 Å². The Labute approximate surface area is 125 Å². The molecule has 1 aromatic heterocycles. The number of rotatable bonds is 5. The summed E-state index contributed by atoms with van der Waals surface area (Å²) in [5.41, 5.74) is 1.12. The predicted molar refractivity (Wildman–Crippen MR) is 85.0 cm³/mol. The van der Waals surface area contributed by atoms with Crippen molar-refractivity contribution in [3.8, 4) is 5.88 Å². The van der Waals surface area contributed by atoms with Crippen LogP contribution in [-0.2, 0) is 4.74 Å².